The van der Waals surface area contributed by atoms with Gasteiger partial charge in [0.15, 0.2) is 5.82 Å². The summed E-state index contributed by atoms with van der Waals surface area (Å²) in [5.41, 5.74) is 0.731. The Hall–Kier alpha value is -2.26. The topological polar surface area (TPSA) is 111 Å². The molecule has 0 aliphatic heterocycles. The number of ether oxygens (including phenoxy) is 1. The molecule has 0 unspecified atom stereocenters. The Bertz CT molecular complexity index is 874. The molecule has 1 aromatic carbocycles. The van der Waals surface area contributed by atoms with E-state index in [0.717, 1.165) is 0 Å². The summed E-state index contributed by atoms with van der Waals surface area (Å²) < 4.78 is 37.3. The van der Waals surface area contributed by atoms with Crippen LogP contribution >= 0.6 is 0 Å². The summed E-state index contributed by atoms with van der Waals surface area (Å²) in [5, 5.41) is 3.87. The fourth-order valence-electron chi connectivity index (χ4n) is 2.26. The zero-order chi connectivity index (χ0) is 19.3. The smallest absolute Gasteiger partial charge is 0.337 e. The van der Waals surface area contributed by atoms with E-state index in [1.165, 1.54) is 19.2 Å². The summed E-state index contributed by atoms with van der Waals surface area (Å²) in [6, 6.07) is 4.42. The highest BCUT2D eigenvalue weighted by molar-refractivity contribution is 7.89. The van der Waals surface area contributed by atoms with Crippen molar-refractivity contribution in [2.24, 2.45) is 0 Å². The second-order valence-corrected chi connectivity index (χ2v) is 7.91. The number of nitrogens with zero attached hydrogens (tertiary/aromatic N) is 2. The van der Waals surface area contributed by atoms with Gasteiger partial charge in [-0.3, -0.25) is 0 Å². The predicted molar refractivity (Wildman–Crippen MR) is 94.4 cm³/mol. The van der Waals surface area contributed by atoms with E-state index >= 15 is 0 Å². The molecule has 1 aromatic heterocycles. The standard InChI is InChI=1S/C17H23N3O5S/c1-11(2)16-19-15(25-20-16)6-5-9-18-26(22,23)14-10-13(17(21)24-4)8-7-12(14)3/h7-8,10-11,18H,5-6,9H2,1-4H3. The van der Waals surface area contributed by atoms with Crippen LogP contribution in [0.15, 0.2) is 27.6 Å². The number of rotatable bonds is 8. The minimum atomic E-state index is -3.74. The number of carbonyl (C=O) groups excluding carboxylic acids is 1. The van der Waals surface area contributed by atoms with Crippen LogP contribution in [0.1, 0.15) is 53.8 Å². The van der Waals surface area contributed by atoms with Gasteiger partial charge in [-0.1, -0.05) is 25.1 Å². The van der Waals surface area contributed by atoms with Crippen LogP contribution < -0.4 is 4.72 Å². The lowest BCUT2D eigenvalue weighted by molar-refractivity contribution is 0.0600. The van der Waals surface area contributed by atoms with Gasteiger partial charge in [0, 0.05) is 18.9 Å². The third-order valence-electron chi connectivity index (χ3n) is 3.76. The Morgan fingerprint density at radius 2 is 2.08 bits per heavy atom. The van der Waals surface area contributed by atoms with Gasteiger partial charge in [0.05, 0.1) is 17.6 Å². The maximum atomic E-state index is 12.5. The zero-order valence-corrected chi connectivity index (χ0v) is 16.1. The van der Waals surface area contributed by atoms with Crippen LogP contribution in [0.2, 0.25) is 0 Å². The molecule has 1 N–H and O–H groups in total. The zero-order valence-electron chi connectivity index (χ0n) is 15.3. The van der Waals surface area contributed by atoms with Gasteiger partial charge in [-0.05, 0) is 31.0 Å². The Balaban J connectivity index is 1.99. The van der Waals surface area contributed by atoms with Crippen LogP contribution in [-0.2, 0) is 21.2 Å². The highest BCUT2D eigenvalue weighted by atomic mass is 32.2. The van der Waals surface area contributed by atoms with Crippen molar-refractivity contribution in [3.8, 4) is 0 Å². The van der Waals surface area contributed by atoms with E-state index in [0.29, 0.717) is 30.1 Å². The molecule has 2 aromatic rings. The summed E-state index contributed by atoms with van der Waals surface area (Å²) in [4.78, 5) is 15.9. The Morgan fingerprint density at radius 1 is 1.35 bits per heavy atom. The fraction of sp³-hybridized carbons (Fsp3) is 0.471. The van der Waals surface area contributed by atoms with E-state index in [1.807, 2.05) is 13.8 Å². The van der Waals surface area contributed by atoms with Crippen LogP contribution in [0.3, 0.4) is 0 Å². The van der Waals surface area contributed by atoms with Crippen molar-refractivity contribution in [1.29, 1.82) is 0 Å². The van der Waals surface area contributed by atoms with Crippen LogP contribution in [0.4, 0.5) is 0 Å². The van der Waals surface area contributed by atoms with Crippen LogP contribution in [0, 0.1) is 6.92 Å². The minimum absolute atomic E-state index is 0.0558. The summed E-state index contributed by atoms with van der Waals surface area (Å²) in [7, 11) is -2.50. The molecule has 0 saturated carbocycles. The van der Waals surface area contributed by atoms with Gasteiger partial charge < -0.3 is 9.26 Å². The summed E-state index contributed by atoms with van der Waals surface area (Å²) >= 11 is 0. The number of aromatic nitrogens is 2. The molecule has 0 spiro atoms. The number of carbonyl (C=O) groups is 1. The van der Waals surface area contributed by atoms with Crippen molar-refractivity contribution in [1.82, 2.24) is 14.9 Å². The molecule has 8 nitrogen and oxygen atoms in total. The number of esters is 1. The largest absolute Gasteiger partial charge is 0.465 e. The van der Waals surface area contributed by atoms with Crippen molar-refractivity contribution in [3.63, 3.8) is 0 Å². The third kappa shape index (κ3) is 4.89. The summed E-state index contributed by atoms with van der Waals surface area (Å²) in [6.45, 7) is 5.81. The molecule has 0 aliphatic rings. The van der Waals surface area contributed by atoms with Crippen molar-refractivity contribution in [3.05, 3.63) is 41.0 Å². The first kappa shape index (κ1) is 20.1. The SMILES string of the molecule is COC(=O)c1ccc(C)c(S(=O)(=O)NCCCc2nc(C(C)C)no2)c1. The van der Waals surface area contributed by atoms with Crippen LogP contribution in [-0.4, -0.2) is 38.2 Å². The minimum Gasteiger partial charge on any atom is -0.465 e. The number of hydrogen-bond donors (Lipinski definition) is 1. The molecule has 26 heavy (non-hydrogen) atoms. The molecule has 9 heteroatoms. The first-order chi connectivity index (χ1) is 12.2. The van der Waals surface area contributed by atoms with Gasteiger partial charge in [-0.25, -0.2) is 17.9 Å². The molecule has 142 valence electrons. The maximum absolute atomic E-state index is 12.5. The lowest BCUT2D eigenvalue weighted by Gasteiger charge is -2.10. The number of methoxy groups -OCH3 is 1. The van der Waals surface area contributed by atoms with Crippen LogP contribution in [0.25, 0.3) is 0 Å². The summed E-state index contributed by atoms with van der Waals surface area (Å²) in [6.07, 6.45) is 0.984. The van der Waals surface area contributed by atoms with Crippen molar-refractivity contribution >= 4 is 16.0 Å². The van der Waals surface area contributed by atoms with Gasteiger partial charge in [-0.15, -0.1) is 0 Å². The Labute approximate surface area is 153 Å². The molecular formula is C17H23N3O5S. The van der Waals surface area contributed by atoms with E-state index in [4.69, 9.17) is 4.52 Å². The molecule has 0 radical (unpaired) electrons. The number of aryl methyl sites for hydroxylation is 2. The lowest BCUT2D eigenvalue weighted by Crippen LogP contribution is -2.26. The third-order valence-corrected chi connectivity index (χ3v) is 5.36. The van der Waals surface area contributed by atoms with Gasteiger partial charge in [0.1, 0.15) is 0 Å². The van der Waals surface area contributed by atoms with Gasteiger partial charge in [-0.2, -0.15) is 4.98 Å². The van der Waals surface area contributed by atoms with E-state index in [1.54, 1.807) is 13.0 Å². The van der Waals surface area contributed by atoms with Crippen molar-refractivity contribution < 1.29 is 22.5 Å². The number of benzene rings is 1. The van der Waals surface area contributed by atoms with E-state index in [-0.39, 0.29) is 22.9 Å². The lowest BCUT2D eigenvalue weighted by atomic mass is 10.1. The van der Waals surface area contributed by atoms with Gasteiger partial charge >= 0.3 is 5.97 Å². The second kappa shape index (κ2) is 8.41. The number of hydrogen-bond acceptors (Lipinski definition) is 7. The molecule has 2 rings (SSSR count). The van der Waals surface area contributed by atoms with Gasteiger partial charge in [0.2, 0.25) is 15.9 Å². The molecule has 0 atom stereocenters. The molecule has 0 aliphatic carbocycles. The van der Waals surface area contributed by atoms with E-state index in [2.05, 4.69) is 19.6 Å². The molecule has 0 amide bonds. The van der Waals surface area contributed by atoms with Crippen LogP contribution in [0.5, 0.6) is 0 Å². The normalized spacial score (nSPS) is 11.7. The maximum Gasteiger partial charge on any atom is 0.337 e. The van der Waals surface area contributed by atoms with Crippen molar-refractivity contribution in [2.75, 3.05) is 13.7 Å². The number of sulfonamides is 1. The van der Waals surface area contributed by atoms with Gasteiger partial charge in [0.25, 0.3) is 0 Å². The quantitative estimate of drug-likeness (QED) is 0.551. The van der Waals surface area contributed by atoms with E-state index in [9.17, 15) is 13.2 Å². The molecular weight excluding hydrogens is 358 g/mol. The first-order valence-electron chi connectivity index (χ1n) is 8.25. The predicted octanol–water partition coefficient (Wildman–Crippen LogP) is 2.20. The molecule has 0 bridgehead atoms. The second-order valence-electron chi connectivity index (χ2n) is 6.17. The average molecular weight is 381 g/mol. The highest BCUT2D eigenvalue weighted by Crippen LogP contribution is 2.18. The van der Waals surface area contributed by atoms with Crippen molar-refractivity contribution in [2.45, 2.75) is 44.4 Å². The average Bonchev–Trinajstić information content (AvgIpc) is 3.07. The number of nitrogens with one attached hydrogen (secondary N) is 1. The first-order valence-corrected chi connectivity index (χ1v) is 9.74. The monoisotopic (exact) mass is 381 g/mol. The molecule has 0 fully saturated rings. The highest BCUT2D eigenvalue weighted by Gasteiger charge is 2.19. The molecule has 1 heterocycles. The fourth-order valence-corrected chi connectivity index (χ4v) is 3.61. The Morgan fingerprint density at radius 3 is 2.69 bits per heavy atom. The Kier molecular flexibility index (Phi) is 6.49. The van der Waals surface area contributed by atoms with E-state index < -0.39 is 16.0 Å². The summed E-state index contributed by atoms with van der Waals surface area (Å²) in [5.74, 6) is 0.711. The molecule has 0 saturated heterocycles.